The van der Waals surface area contributed by atoms with Crippen LogP contribution < -0.4 is 4.74 Å². The first-order valence-corrected chi connectivity index (χ1v) is 9.50. The summed E-state index contributed by atoms with van der Waals surface area (Å²) in [6.07, 6.45) is 1.58. The van der Waals surface area contributed by atoms with E-state index in [0.717, 1.165) is 6.07 Å². The average molecular weight is 406 g/mol. The van der Waals surface area contributed by atoms with Crippen LogP contribution >= 0.6 is 0 Å². The summed E-state index contributed by atoms with van der Waals surface area (Å²) >= 11 is 0. The van der Waals surface area contributed by atoms with Crippen molar-refractivity contribution in [3.05, 3.63) is 47.3 Å². The fourth-order valence-corrected chi connectivity index (χ4v) is 4.67. The van der Waals surface area contributed by atoms with Crippen molar-refractivity contribution in [1.82, 2.24) is 19.6 Å². The molecule has 1 aromatic heterocycles. The van der Waals surface area contributed by atoms with Gasteiger partial charge in [0.25, 0.3) is 5.91 Å². The number of carbonyl (C=O) groups is 1. The Morgan fingerprint density at radius 1 is 1.31 bits per heavy atom. The molecule has 3 heterocycles. The van der Waals surface area contributed by atoms with Crippen LogP contribution in [0, 0.1) is 23.0 Å². The number of aliphatic hydroxyl groups is 1. The predicted octanol–water partition coefficient (Wildman–Crippen LogP) is 1.27. The number of aryl methyl sites for hydroxylation is 1. The van der Waals surface area contributed by atoms with E-state index in [9.17, 15) is 18.7 Å². The molecule has 29 heavy (non-hydrogen) atoms. The van der Waals surface area contributed by atoms with Crippen LogP contribution in [0.2, 0.25) is 0 Å². The molecule has 2 fully saturated rings. The van der Waals surface area contributed by atoms with Gasteiger partial charge in [-0.3, -0.25) is 14.4 Å². The first-order valence-electron chi connectivity index (χ1n) is 9.50. The Balaban J connectivity index is 1.51. The highest BCUT2D eigenvalue weighted by Gasteiger charge is 2.53. The summed E-state index contributed by atoms with van der Waals surface area (Å²) in [5, 5.41) is 14.2. The summed E-state index contributed by atoms with van der Waals surface area (Å²) in [5.41, 5.74) is 0.190. The number of benzene rings is 1. The number of hydrogen-bond acceptors (Lipinski definition) is 5. The predicted molar refractivity (Wildman–Crippen MR) is 100 cm³/mol. The molecule has 1 N–H and O–H groups in total. The van der Waals surface area contributed by atoms with Crippen molar-refractivity contribution in [2.75, 3.05) is 39.9 Å². The highest BCUT2D eigenvalue weighted by Crippen LogP contribution is 2.43. The van der Waals surface area contributed by atoms with Crippen LogP contribution in [0.15, 0.2) is 24.4 Å². The Hall–Kier alpha value is -2.52. The molecule has 0 aliphatic carbocycles. The number of fused-ring (bicyclic) bond motifs is 1. The van der Waals surface area contributed by atoms with Crippen LogP contribution in [0.25, 0.3) is 0 Å². The van der Waals surface area contributed by atoms with Gasteiger partial charge in [0.2, 0.25) is 0 Å². The van der Waals surface area contributed by atoms with Crippen molar-refractivity contribution >= 4 is 5.91 Å². The van der Waals surface area contributed by atoms with Gasteiger partial charge in [-0.15, -0.1) is 0 Å². The number of aliphatic hydroxyl groups excluding tert-OH is 1. The van der Waals surface area contributed by atoms with Crippen LogP contribution in [-0.4, -0.2) is 70.5 Å². The molecule has 2 atom stereocenters. The number of nitrogens with zero attached hydrogens (tertiary/aromatic N) is 4. The van der Waals surface area contributed by atoms with E-state index in [-0.39, 0.29) is 30.5 Å². The second-order valence-corrected chi connectivity index (χ2v) is 7.95. The molecule has 2 saturated heterocycles. The maximum Gasteiger partial charge on any atom is 0.272 e. The molecule has 2 aliphatic rings. The number of amides is 1. The third-order valence-electron chi connectivity index (χ3n) is 6.23. The van der Waals surface area contributed by atoms with Gasteiger partial charge < -0.3 is 14.7 Å². The Morgan fingerprint density at radius 2 is 2.10 bits per heavy atom. The molecule has 2 aromatic rings. The lowest BCUT2D eigenvalue weighted by Crippen LogP contribution is -2.39. The molecule has 0 saturated carbocycles. The quantitative estimate of drug-likeness (QED) is 0.810. The lowest BCUT2D eigenvalue weighted by Gasteiger charge is -2.27. The lowest BCUT2D eigenvalue weighted by molar-refractivity contribution is 0.0708. The molecule has 156 valence electrons. The first kappa shape index (κ1) is 19.8. The highest BCUT2D eigenvalue weighted by molar-refractivity contribution is 5.92. The zero-order chi connectivity index (χ0) is 20.8. The van der Waals surface area contributed by atoms with Crippen molar-refractivity contribution in [3.63, 3.8) is 0 Å². The van der Waals surface area contributed by atoms with E-state index in [1.807, 2.05) is 4.90 Å². The third kappa shape index (κ3) is 3.28. The minimum Gasteiger partial charge on any atom is -0.496 e. The smallest absolute Gasteiger partial charge is 0.272 e. The number of aromatic nitrogens is 2. The molecule has 9 heteroatoms. The molecule has 7 nitrogen and oxygen atoms in total. The van der Waals surface area contributed by atoms with Gasteiger partial charge in [0.1, 0.15) is 11.4 Å². The third-order valence-corrected chi connectivity index (χ3v) is 6.23. The van der Waals surface area contributed by atoms with Gasteiger partial charge in [0.05, 0.1) is 13.7 Å². The van der Waals surface area contributed by atoms with E-state index in [2.05, 4.69) is 5.10 Å². The number of halogens is 2. The van der Waals surface area contributed by atoms with Gasteiger partial charge in [-0.2, -0.15) is 5.10 Å². The minimum absolute atomic E-state index is 0.0484. The minimum atomic E-state index is -0.912. The van der Waals surface area contributed by atoms with Crippen molar-refractivity contribution < 1.29 is 23.4 Å². The Labute approximate surface area is 167 Å². The van der Waals surface area contributed by atoms with Gasteiger partial charge in [0, 0.05) is 56.9 Å². The molecular formula is C20H24F2N4O3. The second kappa shape index (κ2) is 7.38. The van der Waals surface area contributed by atoms with Gasteiger partial charge in [-0.05, 0) is 24.1 Å². The van der Waals surface area contributed by atoms with Gasteiger partial charge in [-0.25, -0.2) is 8.78 Å². The fourth-order valence-electron chi connectivity index (χ4n) is 4.67. The zero-order valence-corrected chi connectivity index (χ0v) is 16.4. The van der Waals surface area contributed by atoms with E-state index in [4.69, 9.17) is 4.74 Å². The largest absolute Gasteiger partial charge is 0.496 e. The number of methoxy groups -OCH3 is 1. The van der Waals surface area contributed by atoms with Crippen molar-refractivity contribution in [1.29, 1.82) is 0 Å². The normalized spacial score (nSPS) is 24.2. The number of rotatable bonds is 5. The van der Waals surface area contributed by atoms with Crippen LogP contribution in [0.3, 0.4) is 0 Å². The Morgan fingerprint density at radius 3 is 2.72 bits per heavy atom. The van der Waals surface area contributed by atoms with Gasteiger partial charge in [0.15, 0.2) is 11.6 Å². The topological polar surface area (TPSA) is 70.8 Å². The fraction of sp³-hybridized carbons (Fsp3) is 0.500. The number of ether oxygens (including phenoxy) is 1. The lowest BCUT2D eigenvalue weighted by atomic mass is 9.82. The summed E-state index contributed by atoms with van der Waals surface area (Å²) in [6.45, 7) is 2.09. The molecule has 1 amide bonds. The van der Waals surface area contributed by atoms with E-state index in [1.54, 1.807) is 24.2 Å². The van der Waals surface area contributed by atoms with Crippen LogP contribution in [0.5, 0.6) is 5.75 Å². The molecular weight excluding hydrogens is 382 g/mol. The molecule has 1 aromatic carbocycles. The molecule has 0 spiro atoms. The van der Waals surface area contributed by atoms with E-state index in [0.29, 0.717) is 37.6 Å². The van der Waals surface area contributed by atoms with Crippen LogP contribution in [0.1, 0.15) is 16.1 Å². The summed E-state index contributed by atoms with van der Waals surface area (Å²) in [7, 11) is 3.14. The van der Waals surface area contributed by atoms with E-state index < -0.39 is 17.0 Å². The molecule has 2 unspecified atom stereocenters. The monoisotopic (exact) mass is 406 g/mol. The van der Waals surface area contributed by atoms with Crippen molar-refractivity contribution in [2.24, 2.45) is 18.4 Å². The average Bonchev–Trinajstić information content (AvgIpc) is 3.37. The van der Waals surface area contributed by atoms with Crippen molar-refractivity contribution in [3.8, 4) is 5.75 Å². The summed E-state index contributed by atoms with van der Waals surface area (Å²) in [6, 6.07) is 4.14. The maximum absolute atomic E-state index is 14.3. The van der Waals surface area contributed by atoms with E-state index in [1.165, 1.54) is 17.9 Å². The SMILES string of the molecule is COc1ccc(F)c(F)c1CN1CC2CN(C(=O)c3ccnn3C)CC2(CO)C1. The first-order chi connectivity index (χ1) is 13.9. The van der Waals surface area contributed by atoms with Crippen molar-refractivity contribution in [2.45, 2.75) is 6.54 Å². The Kier molecular flexibility index (Phi) is 5.04. The molecule has 0 radical (unpaired) electrons. The maximum atomic E-state index is 14.3. The number of carbonyl (C=O) groups excluding carboxylic acids is 1. The highest BCUT2D eigenvalue weighted by atomic mass is 19.2. The van der Waals surface area contributed by atoms with Gasteiger partial charge >= 0.3 is 0 Å². The van der Waals surface area contributed by atoms with E-state index >= 15 is 0 Å². The molecule has 2 aliphatic heterocycles. The molecule has 4 rings (SSSR count). The Bertz CT molecular complexity index is 934. The standard InChI is InChI=1S/C20H24F2N4O3/c1-24-16(5-6-23-24)19(28)26-8-13-7-25(10-20(13,11-26)12-27)9-14-17(29-2)4-3-15(21)18(14)22/h3-6,13,27H,7-12H2,1-2H3. The van der Waals surface area contributed by atoms with Crippen LogP contribution in [0.4, 0.5) is 8.78 Å². The second-order valence-electron chi connectivity index (χ2n) is 7.95. The number of likely N-dealkylation sites (tertiary alicyclic amines) is 2. The molecule has 0 bridgehead atoms. The summed E-state index contributed by atoms with van der Waals surface area (Å²) in [4.78, 5) is 16.6. The summed E-state index contributed by atoms with van der Waals surface area (Å²) in [5.74, 6) is -1.59. The zero-order valence-electron chi connectivity index (χ0n) is 16.4. The summed E-state index contributed by atoms with van der Waals surface area (Å²) < 4.78 is 34.8. The van der Waals surface area contributed by atoms with Gasteiger partial charge in [-0.1, -0.05) is 0 Å². The number of hydrogen-bond donors (Lipinski definition) is 1. The van der Waals surface area contributed by atoms with Crippen LogP contribution in [-0.2, 0) is 13.6 Å².